The number of piperidine rings is 1. The van der Waals surface area contributed by atoms with Crippen LogP contribution >= 0.6 is 0 Å². The van der Waals surface area contributed by atoms with Crippen molar-refractivity contribution in [1.29, 1.82) is 0 Å². The molecule has 0 unspecified atom stereocenters. The fourth-order valence-electron chi connectivity index (χ4n) is 4.81. The van der Waals surface area contributed by atoms with Crippen molar-refractivity contribution in [2.75, 3.05) is 44.8 Å². The number of fused-ring (bicyclic) bond motifs is 2. The number of alkyl halides is 2. The first kappa shape index (κ1) is 22.6. The maximum Gasteiger partial charge on any atom is 0.256 e. The van der Waals surface area contributed by atoms with Crippen LogP contribution in [-0.4, -0.2) is 77.4 Å². The van der Waals surface area contributed by atoms with Crippen LogP contribution in [0.3, 0.4) is 0 Å². The fourth-order valence-corrected chi connectivity index (χ4v) is 4.81. The number of hydrogen-bond acceptors (Lipinski definition) is 6. The highest BCUT2D eigenvalue weighted by molar-refractivity contribution is 5.98. The molecule has 10 heteroatoms. The quantitative estimate of drug-likeness (QED) is 0.667. The summed E-state index contributed by atoms with van der Waals surface area (Å²) in [5.74, 6) is -1.54. The van der Waals surface area contributed by atoms with E-state index in [1.807, 2.05) is 17.0 Å². The van der Waals surface area contributed by atoms with Crippen molar-refractivity contribution in [3.8, 4) is 0 Å². The van der Waals surface area contributed by atoms with Gasteiger partial charge in [0.15, 0.2) is 0 Å². The Bertz CT molecular complexity index is 1120. The van der Waals surface area contributed by atoms with Crippen LogP contribution in [0.1, 0.15) is 51.1 Å². The molecule has 0 N–H and O–H groups in total. The molecule has 0 saturated carbocycles. The van der Waals surface area contributed by atoms with Crippen LogP contribution in [-0.2, 0) is 17.7 Å². The molecular weight excluding hydrogens is 444 g/mol. The second kappa shape index (κ2) is 8.90. The number of halogens is 2. The summed E-state index contributed by atoms with van der Waals surface area (Å²) in [5, 5.41) is 0. The minimum absolute atomic E-state index is 0.0399. The molecule has 5 heterocycles. The van der Waals surface area contributed by atoms with Gasteiger partial charge in [-0.1, -0.05) is 0 Å². The first-order valence-corrected chi connectivity index (χ1v) is 11.6. The number of carbonyl (C=O) groups excluding carboxylic acids is 2. The summed E-state index contributed by atoms with van der Waals surface area (Å²) < 4.78 is 32.0. The average molecular weight is 472 g/mol. The molecule has 0 aliphatic carbocycles. The van der Waals surface area contributed by atoms with Crippen molar-refractivity contribution >= 4 is 23.5 Å². The van der Waals surface area contributed by atoms with E-state index in [0.29, 0.717) is 36.6 Å². The number of hydrogen-bond donors (Lipinski definition) is 0. The lowest BCUT2D eigenvalue weighted by atomic mass is 10.0. The minimum Gasteiger partial charge on any atom is -0.383 e. The minimum atomic E-state index is -2.69. The van der Waals surface area contributed by atoms with Crippen molar-refractivity contribution < 1.29 is 23.1 Å². The number of pyridine rings is 2. The van der Waals surface area contributed by atoms with Crippen molar-refractivity contribution in [2.24, 2.45) is 0 Å². The lowest BCUT2D eigenvalue weighted by Crippen LogP contribution is -2.42. The standard InChI is InChI=1S/C24H27F2N5O3/c1-34-10-9-30-15-18-12-20(27-14-19(18)23(30)33)31-6-2-3-16-11-17(13-28-21(16)31)22(32)29-7-4-24(25,26)5-8-29/h11-14H,2-10,15H2,1H3. The van der Waals surface area contributed by atoms with Crippen LogP contribution in [0.25, 0.3) is 0 Å². The Morgan fingerprint density at radius 3 is 2.68 bits per heavy atom. The molecule has 0 bridgehead atoms. The lowest BCUT2D eigenvalue weighted by Gasteiger charge is -2.32. The zero-order valence-electron chi connectivity index (χ0n) is 19.1. The van der Waals surface area contributed by atoms with Gasteiger partial charge < -0.3 is 19.4 Å². The molecule has 0 radical (unpaired) electrons. The average Bonchev–Trinajstić information content (AvgIpc) is 3.16. The van der Waals surface area contributed by atoms with E-state index in [9.17, 15) is 18.4 Å². The lowest BCUT2D eigenvalue weighted by molar-refractivity contribution is -0.0494. The number of amides is 2. The molecule has 8 nitrogen and oxygen atoms in total. The Morgan fingerprint density at radius 2 is 1.91 bits per heavy atom. The molecule has 3 aliphatic rings. The summed E-state index contributed by atoms with van der Waals surface area (Å²) in [6, 6.07) is 3.76. The maximum atomic E-state index is 13.5. The van der Waals surface area contributed by atoms with E-state index in [0.717, 1.165) is 36.3 Å². The molecule has 5 rings (SSSR count). The Kier molecular flexibility index (Phi) is 5.93. The zero-order valence-corrected chi connectivity index (χ0v) is 19.1. The smallest absolute Gasteiger partial charge is 0.256 e. The van der Waals surface area contributed by atoms with E-state index >= 15 is 0 Å². The molecule has 180 valence electrons. The predicted octanol–water partition coefficient (Wildman–Crippen LogP) is 3.03. The SMILES string of the molecule is COCCN1Cc2cc(N3CCCc4cc(C(=O)N5CCC(F)(F)CC5)cnc43)ncc2C1=O. The van der Waals surface area contributed by atoms with Crippen LogP contribution < -0.4 is 4.90 Å². The van der Waals surface area contributed by atoms with Gasteiger partial charge in [0.2, 0.25) is 0 Å². The number of aryl methyl sites for hydroxylation is 1. The number of likely N-dealkylation sites (tertiary alicyclic amines) is 1. The van der Waals surface area contributed by atoms with Crippen LogP contribution in [0.4, 0.5) is 20.4 Å². The summed E-state index contributed by atoms with van der Waals surface area (Å²) in [7, 11) is 1.61. The number of carbonyl (C=O) groups is 2. The highest BCUT2D eigenvalue weighted by Crippen LogP contribution is 2.34. The molecule has 1 saturated heterocycles. The van der Waals surface area contributed by atoms with E-state index in [4.69, 9.17) is 4.74 Å². The summed E-state index contributed by atoms with van der Waals surface area (Å²) in [4.78, 5) is 39.8. The van der Waals surface area contributed by atoms with E-state index in [1.54, 1.807) is 18.2 Å². The number of rotatable bonds is 5. The number of nitrogens with zero attached hydrogens (tertiary/aromatic N) is 5. The summed E-state index contributed by atoms with van der Waals surface area (Å²) >= 11 is 0. The Morgan fingerprint density at radius 1 is 1.12 bits per heavy atom. The molecule has 34 heavy (non-hydrogen) atoms. The molecule has 0 spiro atoms. The second-order valence-corrected chi connectivity index (χ2v) is 9.03. The monoisotopic (exact) mass is 471 g/mol. The van der Waals surface area contributed by atoms with Crippen LogP contribution in [0.15, 0.2) is 24.5 Å². The van der Waals surface area contributed by atoms with Gasteiger partial charge in [-0.3, -0.25) is 9.59 Å². The fraction of sp³-hybridized carbons (Fsp3) is 0.500. The van der Waals surface area contributed by atoms with Crippen molar-refractivity contribution in [3.63, 3.8) is 0 Å². The number of anilines is 2. The van der Waals surface area contributed by atoms with Gasteiger partial charge >= 0.3 is 0 Å². The molecule has 0 aromatic carbocycles. The highest BCUT2D eigenvalue weighted by atomic mass is 19.3. The number of methoxy groups -OCH3 is 1. The third kappa shape index (κ3) is 4.22. The van der Waals surface area contributed by atoms with Crippen molar-refractivity contribution in [2.45, 2.75) is 38.2 Å². The highest BCUT2D eigenvalue weighted by Gasteiger charge is 2.36. The van der Waals surface area contributed by atoms with Gasteiger partial charge in [-0.05, 0) is 36.1 Å². The van der Waals surface area contributed by atoms with Gasteiger partial charge in [0.25, 0.3) is 17.7 Å². The predicted molar refractivity (Wildman–Crippen MR) is 121 cm³/mol. The van der Waals surface area contributed by atoms with Crippen LogP contribution in [0.5, 0.6) is 0 Å². The molecule has 2 amide bonds. The first-order chi connectivity index (χ1) is 16.4. The van der Waals surface area contributed by atoms with Gasteiger partial charge in [0.05, 0.1) is 17.7 Å². The van der Waals surface area contributed by atoms with Crippen LogP contribution in [0.2, 0.25) is 0 Å². The Hall–Kier alpha value is -3.14. The van der Waals surface area contributed by atoms with Gasteiger partial charge in [0, 0.05) is 65.1 Å². The third-order valence-electron chi connectivity index (χ3n) is 6.75. The molecule has 1 fully saturated rings. The second-order valence-electron chi connectivity index (χ2n) is 9.03. The molecular formula is C24H27F2N5O3. The van der Waals surface area contributed by atoms with Gasteiger partial charge in [-0.25, -0.2) is 18.7 Å². The summed E-state index contributed by atoms with van der Waals surface area (Å²) in [6.07, 6.45) is 4.17. The first-order valence-electron chi connectivity index (χ1n) is 11.6. The van der Waals surface area contributed by atoms with E-state index in [-0.39, 0.29) is 37.7 Å². The summed E-state index contributed by atoms with van der Waals surface area (Å²) in [5.41, 5.74) is 2.89. The van der Waals surface area contributed by atoms with E-state index in [1.165, 1.54) is 11.1 Å². The third-order valence-corrected chi connectivity index (χ3v) is 6.75. The molecule has 3 aliphatic heterocycles. The normalized spacial score (nSPS) is 19.3. The van der Waals surface area contributed by atoms with E-state index in [2.05, 4.69) is 9.97 Å². The van der Waals surface area contributed by atoms with Gasteiger partial charge in [-0.15, -0.1) is 0 Å². The van der Waals surface area contributed by atoms with Crippen molar-refractivity contribution in [3.05, 3.63) is 46.8 Å². The van der Waals surface area contributed by atoms with Gasteiger partial charge in [-0.2, -0.15) is 0 Å². The van der Waals surface area contributed by atoms with Crippen molar-refractivity contribution in [1.82, 2.24) is 19.8 Å². The molecule has 2 aromatic heterocycles. The molecule has 0 atom stereocenters. The molecule has 2 aromatic rings. The largest absolute Gasteiger partial charge is 0.383 e. The number of aromatic nitrogens is 2. The Balaban J connectivity index is 1.35. The van der Waals surface area contributed by atoms with Gasteiger partial charge in [0.1, 0.15) is 11.6 Å². The Labute approximate surface area is 196 Å². The van der Waals surface area contributed by atoms with E-state index < -0.39 is 5.92 Å². The topological polar surface area (TPSA) is 78.9 Å². The zero-order chi connectivity index (χ0) is 23.9. The summed E-state index contributed by atoms with van der Waals surface area (Å²) in [6.45, 7) is 2.34. The maximum absolute atomic E-state index is 13.5. The number of ether oxygens (including phenoxy) is 1. The van der Waals surface area contributed by atoms with Crippen LogP contribution in [0, 0.1) is 0 Å².